The van der Waals surface area contributed by atoms with E-state index in [1.54, 1.807) is 0 Å². The van der Waals surface area contributed by atoms with Crippen molar-refractivity contribution >= 4 is 5.91 Å². The van der Waals surface area contributed by atoms with E-state index in [4.69, 9.17) is 4.74 Å². The summed E-state index contributed by atoms with van der Waals surface area (Å²) < 4.78 is 5.58. The van der Waals surface area contributed by atoms with Crippen molar-refractivity contribution in [2.75, 3.05) is 6.61 Å². The summed E-state index contributed by atoms with van der Waals surface area (Å²) >= 11 is 0. The van der Waals surface area contributed by atoms with Crippen LogP contribution >= 0.6 is 0 Å². The zero-order valence-electron chi connectivity index (χ0n) is 11.8. The Balaban J connectivity index is 1.84. The van der Waals surface area contributed by atoms with Crippen LogP contribution in [0.2, 0.25) is 0 Å². The summed E-state index contributed by atoms with van der Waals surface area (Å²) in [6.07, 6.45) is 7.25. The van der Waals surface area contributed by atoms with Gasteiger partial charge in [-0.3, -0.25) is 4.79 Å². The van der Waals surface area contributed by atoms with Crippen LogP contribution in [-0.2, 0) is 9.53 Å². The molecule has 19 heavy (non-hydrogen) atoms. The maximum atomic E-state index is 12.1. The molecule has 1 amide bonds. The summed E-state index contributed by atoms with van der Waals surface area (Å²) in [5.74, 6) is 0.642. The molecule has 106 valence electrons. The summed E-state index contributed by atoms with van der Waals surface area (Å²) in [6, 6.07) is 2.33. The normalized spacial score (nSPS) is 35.4. The fourth-order valence-electron chi connectivity index (χ4n) is 3.01. The van der Waals surface area contributed by atoms with Crippen LogP contribution in [0, 0.1) is 17.2 Å². The molecule has 0 aromatic carbocycles. The Morgan fingerprint density at radius 2 is 2.11 bits per heavy atom. The van der Waals surface area contributed by atoms with E-state index in [-0.39, 0.29) is 12.0 Å². The van der Waals surface area contributed by atoms with Gasteiger partial charge in [-0.1, -0.05) is 6.92 Å². The second-order valence-electron chi connectivity index (χ2n) is 6.12. The van der Waals surface area contributed by atoms with E-state index < -0.39 is 5.54 Å². The highest BCUT2D eigenvalue weighted by molar-refractivity contribution is 5.77. The lowest BCUT2D eigenvalue weighted by Gasteiger charge is -2.35. The van der Waals surface area contributed by atoms with Crippen LogP contribution in [0.1, 0.15) is 58.3 Å². The van der Waals surface area contributed by atoms with E-state index in [1.165, 1.54) is 0 Å². The lowest BCUT2D eigenvalue weighted by molar-refractivity contribution is -0.126. The van der Waals surface area contributed by atoms with Gasteiger partial charge in [0.15, 0.2) is 0 Å². The molecule has 0 radical (unpaired) electrons. The summed E-state index contributed by atoms with van der Waals surface area (Å²) in [5.41, 5.74) is -0.627. The molecule has 1 unspecified atom stereocenters. The number of hydrogen-bond donors (Lipinski definition) is 1. The summed E-state index contributed by atoms with van der Waals surface area (Å²) in [5, 5.41) is 12.4. The predicted octanol–water partition coefficient (Wildman–Crippen LogP) is 2.53. The van der Waals surface area contributed by atoms with E-state index in [9.17, 15) is 10.1 Å². The second-order valence-corrected chi connectivity index (χ2v) is 6.12. The molecule has 0 spiro atoms. The fourth-order valence-corrected chi connectivity index (χ4v) is 3.01. The molecule has 2 aliphatic rings. The Bertz CT molecular complexity index is 348. The third-order valence-corrected chi connectivity index (χ3v) is 4.41. The molecule has 1 atom stereocenters. The first kappa shape index (κ1) is 14.3. The van der Waals surface area contributed by atoms with E-state index in [0.717, 1.165) is 51.6 Å². The molecule has 1 aliphatic carbocycles. The number of hydrogen-bond acceptors (Lipinski definition) is 3. The Morgan fingerprint density at radius 3 is 2.68 bits per heavy atom. The lowest BCUT2D eigenvalue weighted by Crippen LogP contribution is -2.50. The monoisotopic (exact) mass is 264 g/mol. The first-order valence-corrected chi connectivity index (χ1v) is 7.47. The molecule has 2 fully saturated rings. The average molecular weight is 264 g/mol. The van der Waals surface area contributed by atoms with Crippen LogP contribution in [0.15, 0.2) is 0 Å². The molecule has 1 heterocycles. The minimum atomic E-state index is -0.627. The zero-order valence-corrected chi connectivity index (χ0v) is 11.8. The zero-order chi connectivity index (χ0) is 13.7. The highest BCUT2D eigenvalue weighted by Crippen LogP contribution is 2.31. The van der Waals surface area contributed by atoms with Gasteiger partial charge in [0.25, 0.3) is 0 Å². The van der Waals surface area contributed by atoms with Crippen molar-refractivity contribution in [3.63, 3.8) is 0 Å². The molecule has 1 aliphatic heterocycles. The minimum absolute atomic E-state index is 0.0250. The lowest BCUT2D eigenvalue weighted by atomic mass is 9.78. The van der Waals surface area contributed by atoms with Gasteiger partial charge in [-0.25, -0.2) is 0 Å². The van der Waals surface area contributed by atoms with Crippen molar-refractivity contribution in [3.8, 4) is 6.07 Å². The quantitative estimate of drug-likeness (QED) is 0.852. The maximum absolute atomic E-state index is 12.1. The molecular formula is C15H24N2O2. The molecule has 1 saturated heterocycles. The van der Waals surface area contributed by atoms with Gasteiger partial charge in [-0.2, -0.15) is 5.26 Å². The number of amides is 1. The van der Waals surface area contributed by atoms with Crippen molar-refractivity contribution in [3.05, 3.63) is 0 Å². The minimum Gasteiger partial charge on any atom is -0.378 e. The van der Waals surface area contributed by atoms with Crippen LogP contribution in [0.4, 0.5) is 0 Å². The summed E-state index contributed by atoms with van der Waals surface area (Å²) in [7, 11) is 0. The Labute approximate surface area is 115 Å². The molecule has 0 bridgehead atoms. The highest BCUT2D eigenvalue weighted by Gasteiger charge is 2.36. The number of nitrogens with zero attached hydrogens (tertiary/aromatic N) is 1. The van der Waals surface area contributed by atoms with Crippen molar-refractivity contribution in [2.45, 2.75) is 69.9 Å². The number of nitriles is 1. The maximum Gasteiger partial charge on any atom is 0.223 e. The summed E-state index contributed by atoms with van der Waals surface area (Å²) in [4.78, 5) is 12.1. The molecule has 4 heteroatoms. The topological polar surface area (TPSA) is 62.1 Å². The number of ether oxygens (including phenoxy) is 1. The van der Waals surface area contributed by atoms with E-state index in [2.05, 4.69) is 18.3 Å². The van der Waals surface area contributed by atoms with Gasteiger partial charge < -0.3 is 10.1 Å². The third kappa shape index (κ3) is 3.94. The molecular weight excluding hydrogens is 240 g/mol. The second kappa shape index (κ2) is 6.38. The molecule has 1 N–H and O–H groups in total. The van der Waals surface area contributed by atoms with Crippen molar-refractivity contribution in [2.24, 2.45) is 5.92 Å². The van der Waals surface area contributed by atoms with Gasteiger partial charge in [0.05, 0.1) is 18.6 Å². The molecule has 1 saturated carbocycles. The number of nitrogens with one attached hydrogen (secondary N) is 1. The van der Waals surface area contributed by atoms with Gasteiger partial charge in [-0.15, -0.1) is 0 Å². The Kier molecular flexibility index (Phi) is 4.81. The van der Waals surface area contributed by atoms with Gasteiger partial charge in [0.2, 0.25) is 5.91 Å². The van der Waals surface area contributed by atoms with Crippen LogP contribution < -0.4 is 5.32 Å². The average Bonchev–Trinajstić information content (AvgIpc) is 2.43. The standard InChI is InChI=1S/C15H24N2O2/c1-12-5-7-15(11-16,8-6-12)17-14(18)10-13-4-2-3-9-19-13/h12-13H,2-10H2,1H3,(H,17,18). The van der Waals surface area contributed by atoms with Crippen molar-refractivity contribution in [1.82, 2.24) is 5.32 Å². The number of rotatable bonds is 3. The van der Waals surface area contributed by atoms with Crippen molar-refractivity contribution in [1.29, 1.82) is 5.26 Å². The van der Waals surface area contributed by atoms with Gasteiger partial charge in [0, 0.05) is 6.61 Å². The van der Waals surface area contributed by atoms with Gasteiger partial charge >= 0.3 is 0 Å². The first-order valence-electron chi connectivity index (χ1n) is 7.47. The Hall–Kier alpha value is -1.08. The van der Waals surface area contributed by atoms with Gasteiger partial charge in [0.1, 0.15) is 5.54 Å². The smallest absolute Gasteiger partial charge is 0.223 e. The highest BCUT2D eigenvalue weighted by atomic mass is 16.5. The van der Waals surface area contributed by atoms with Gasteiger partial charge in [-0.05, 0) is 50.9 Å². The third-order valence-electron chi connectivity index (χ3n) is 4.41. The van der Waals surface area contributed by atoms with E-state index >= 15 is 0 Å². The molecule has 4 nitrogen and oxygen atoms in total. The number of carbonyl (C=O) groups excluding carboxylic acids is 1. The van der Waals surface area contributed by atoms with Crippen LogP contribution in [0.25, 0.3) is 0 Å². The first-order chi connectivity index (χ1) is 9.13. The van der Waals surface area contributed by atoms with Crippen molar-refractivity contribution < 1.29 is 9.53 Å². The van der Waals surface area contributed by atoms with Crippen LogP contribution in [-0.4, -0.2) is 24.2 Å². The molecule has 0 aromatic rings. The van der Waals surface area contributed by atoms with E-state index in [1.807, 2.05) is 0 Å². The summed E-state index contributed by atoms with van der Waals surface area (Å²) in [6.45, 7) is 2.97. The predicted molar refractivity (Wildman–Crippen MR) is 72.3 cm³/mol. The van der Waals surface area contributed by atoms with Crippen LogP contribution in [0.5, 0.6) is 0 Å². The van der Waals surface area contributed by atoms with E-state index in [0.29, 0.717) is 12.3 Å². The molecule has 0 aromatic heterocycles. The van der Waals surface area contributed by atoms with Crippen LogP contribution in [0.3, 0.4) is 0 Å². The number of carbonyl (C=O) groups is 1. The largest absolute Gasteiger partial charge is 0.378 e. The Morgan fingerprint density at radius 1 is 1.37 bits per heavy atom. The molecule has 2 rings (SSSR count). The fraction of sp³-hybridized carbons (Fsp3) is 0.867. The SMILES string of the molecule is CC1CCC(C#N)(NC(=O)CC2CCCCO2)CC1.